The van der Waals surface area contributed by atoms with Crippen molar-refractivity contribution >= 4 is 15.9 Å². The van der Waals surface area contributed by atoms with Crippen LogP contribution in [0.4, 0.5) is 8.78 Å². The van der Waals surface area contributed by atoms with E-state index in [0.29, 0.717) is 17.0 Å². The van der Waals surface area contributed by atoms with Gasteiger partial charge in [-0.3, -0.25) is 0 Å². The Morgan fingerprint density at radius 1 is 1.22 bits per heavy atom. The Kier molecular flexibility index (Phi) is 3.31. The van der Waals surface area contributed by atoms with Crippen LogP contribution in [0.5, 0.6) is 5.75 Å². The quantitative estimate of drug-likeness (QED) is 0.744. The molecule has 0 aliphatic heterocycles. The van der Waals surface area contributed by atoms with Gasteiger partial charge in [0.15, 0.2) is 11.6 Å². The highest BCUT2D eigenvalue weighted by molar-refractivity contribution is 9.10. The second-order valence-corrected chi connectivity index (χ2v) is 6.36. The van der Waals surface area contributed by atoms with Crippen LogP contribution in [0.2, 0.25) is 0 Å². The lowest BCUT2D eigenvalue weighted by Gasteiger charge is -2.21. The van der Waals surface area contributed by atoms with Gasteiger partial charge in [0, 0.05) is 4.47 Å². The number of rotatable bonds is 3. The van der Waals surface area contributed by atoms with Gasteiger partial charge in [-0.1, -0.05) is 22.4 Å². The van der Waals surface area contributed by atoms with Crippen molar-refractivity contribution in [3.63, 3.8) is 0 Å². The van der Waals surface area contributed by atoms with Crippen molar-refractivity contribution in [2.75, 3.05) is 6.61 Å². The van der Waals surface area contributed by atoms with Crippen molar-refractivity contribution in [1.29, 1.82) is 0 Å². The highest BCUT2D eigenvalue weighted by Crippen LogP contribution is 2.48. The molecule has 0 aromatic heterocycles. The summed E-state index contributed by atoms with van der Waals surface area (Å²) in [6.45, 7) is 0.508. The minimum atomic E-state index is -0.888. The fourth-order valence-electron chi connectivity index (χ4n) is 3.41. The highest BCUT2D eigenvalue weighted by atomic mass is 79.9. The molecule has 0 saturated heterocycles. The summed E-state index contributed by atoms with van der Waals surface area (Å²) in [5.41, 5.74) is 0. The van der Waals surface area contributed by atoms with Crippen molar-refractivity contribution in [2.45, 2.75) is 25.7 Å². The molecule has 1 nitrogen and oxygen atoms in total. The van der Waals surface area contributed by atoms with Gasteiger partial charge in [-0.05, 0) is 49.1 Å². The Bertz CT molecular complexity index is 463. The van der Waals surface area contributed by atoms with Crippen LogP contribution in [0.1, 0.15) is 25.7 Å². The summed E-state index contributed by atoms with van der Waals surface area (Å²) in [6, 6.07) is 2.60. The van der Waals surface area contributed by atoms with E-state index in [-0.39, 0.29) is 5.75 Å². The number of halogens is 3. The summed E-state index contributed by atoms with van der Waals surface area (Å²) in [7, 11) is 0. The molecule has 0 radical (unpaired) electrons. The molecular formula is C14H15BrF2O. The van der Waals surface area contributed by atoms with Gasteiger partial charge in [-0.15, -0.1) is 0 Å². The van der Waals surface area contributed by atoms with Gasteiger partial charge < -0.3 is 4.74 Å². The standard InChI is InChI=1S/C14H15BrF2O/c15-11-5-12(16)14(17)13(6-11)18-7-10-4-8-1-2-9(10)3-8/h5-6,8-10H,1-4,7H2. The Hall–Kier alpha value is -0.640. The lowest BCUT2D eigenvalue weighted by atomic mass is 9.89. The molecule has 4 heteroatoms. The van der Waals surface area contributed by atoms with E-state index in [1.54, 1.807) is 0 Å². The summed E-state index contributed by atoms with van der Waals surface area (Å²) in [5.74, 6) is 0.353. The molecule has 3 rings (SSSR count). The summed E-state index contributed by atoms with van der Waals surface area (Å²) in [6.07, 6.45) is 5.08. The van der Waals surface area contributed by atoms with Crippen LogP contribution in [-0.2, 0) is 0 Å². The number of hydrogen-bond donors (Lipinski definition) is 0. The van der Waals surface area contributed by atoms with Gasteiger partial charge in [-0.2, -0.15) is 4.39 Å². The molecule has 2 bridgehead atoms. The fourth-order valence-corrected chi connectivity index (χ4v) is 3.82. The van der Waals surface area contributed by atoms with E-state index in [4.69, 9.17) is 4.74 Å². The third-order valence-corrected chi connectivity index (χ3v) is 4.75. The van der Waals surface area contributed by atoms with Gasteiger partial charge in [0.2, 0.25) is 5.82 Å². The molecule has 0 amide bonds. The average molecular weight is 317 g/mol. The predicted molar refractivity (Wildman–Crippen MR) is 68.5 cm³/mol. The zero-order chi connectivity index (χ0) is 12.7. The molecule has 0 spiro atoms. The topological polar surface area (TPSA) is 9.23 Å². The zero-order valence-corrected chi connectivity index (χ0v) is 11.6. The van der Waals surface area contributed by atoms with Gasteiger partial charge in [0.25, 0.3) is 0 Å². The molecule has 3 unspecified atom stereocenters. The zero-order valence-electron chi connectivity index (χ0n) is 9.96. The molecule has 98 valence electrons. The second-order valence-electron chi connectivity index (χ2n) is 5.45. The summed E-state index contributed by atoms with van der Waals surface area (Å²) in [4.78, 5) is 0. The van der Waals surface area contributed by atoms with Crippen molar-refractivity contribution in [3.8, 4) is 5.75 Å². The molecule has 1 aromatic rings. The molecule has 1 aromatic carbocycles. The van der Waals surface area contributed by atoms with Gasteiger partial charge in [0.1, 0.15) is 0 Å². The Morgan fingerprint density at radius 2 is 2.06 bits per heavy atom. The Labute approximate surface area is 114 Å². The predicted octanol–water partition coefficient (Wildman–Crippen LogP) is 4.54. The minimum absolute atomic E-state index is 0.0182. The Morgan fingerprint density at radius 3 is 2.72 bits per heavy atom. The normalized spacial score (nSPS) is 29.8. The maximum absolute atomic E-state index is 13.5. The third kappa shape index (κ3) is 2.27. The lowest BCUT2D eigenvalue weighted by molar-refractivity contribution is 0.188. The third-order valence-electron chi connectivity index (χ3n) is 4.30. The monoisotopic (exact) mass is 316 g/mol. The van der Waals surface area contributed by atoms with Crippen LogP contribution in [0, 0.1) is 29.4 Å². The van der Waals surface area contributed by atoms with Crippen molar-refractivity contribution in [2.24, 2.45) is 17.8 Å². The first-order valence-electron chi connectivity index (χ1n) is 6.41. The van der Waals surface area contributed by atoms with E-state index in [9.17, 15) is 8.78 Å². The molecule has 2 fully saturated rings. The maximum Gasteiger partial charge on any atom is 0.200 e. The van der Waals surface area contributed by atoms with Crippen LogP contribution >= 0.6 is 15.9 Å². The summed E-state index contributed by atoms with van der Waals surface area (Å²) >= 11 is 3.15. The van der Waals surface area contributed by atoms with Crippen LogP contribution in [0.15, 0.2) is 16.6 Å². The summed E-state index contributed by atoms with van der Waals surface area (Å²) in [5, 5.41) is 0. The number of ether oxygens (including phenoxy) is 1. The second kappa shape index (κ2) is 4.80. The first kappa shape index (κ1) is 12.4. The number of fused-ring (bicyclic) bond motifs is 2. The van der Waals surface area contributed by atoms with E-state index >= 15 is 0 Å². The van der Waals surface area contributed by atoms with Crippen LogP contribution in [0.3, 0.4) is 0 Å². The largest absolute Gasteiger partial charge is 0.490 e. The van der Waals surface area contributed by atoms with Crippen LogP contribution in [-0.4, -0.2) is 6.61 Å². The molecule has 0 N–H and O–H groups in total. The summed E-state index contributed by atoms with van der Waals surface area (Å²) < 4.78 is 32.7. The number of benzene rings is 1. The van der Waals surface area contributed by atoms with Crippen molar-refractivity contribution in [1.82, 2.24) is 0 Å². The first-order valence-corrected chi connectivity index (χ1v) is 7.20. The Balaban J connectivity index is 1.66. The highest BCUT2D eigenvalue weighted by Gasteiger charge is 2.39. The van der Waals surface area contributed by atoms with E-state index < -0.39 is 11.6 Å². The van der Waals surface area contributed by atoms with E-state index in [1.807, 2.05) is 0 Å². The smallest absolute Gasteiger partial charge is 0.200 e. The molecule has 3 atom stereocenters. The minimum Gasteiger partial charge on any atom is -0.490 e. The van der Waals surface area contributed by atoms with Crippen LogP contribution < -0.4 is 4.74 Å². The van der Waals surface area contributed by atoms with E-state index in [1.165, 1.54) is 31.7 Å². The van der Waals surface area contributed by atoms with Gasteiger partial charge in [-0.25, -0.2) is 4.39 Å². The molecule has 2 saturated carbocycles. The SMILES string of the molecule is Fc1cc(Br)cc(OCC2CC3CCC2C3)c1F. The molecule has 2 aliphatic carbocycles. The molecular weight excluding hydrogens is 302 g/mol. The van der Waals surface area contributed by atoms with Crippen LogP contribution in [0.25, 0.3) is 0 Å². The molecule has 0 heterocycles. The maximum atomic E-state index is 13.5. The first-order chi connectivity index (χ1) is 8.63. The van der Waals surface area contributed by atoms with E-state index in [2.05, 4.69) is 15.9 Å². The molecule has 2 aliphatic rings. The van der Waals surface area contributed by atoms with Gasteiger partial charge in [0.05, 0.1) is 6.61 Å². The van der Waals surface area contributed by atoms with Gasteiger partial charge >= 0.3 is 0 Å². The number of hydrogen-bond acceptors (Lipinski definition) is 1. The van der Waals surface area contributed by atoms with E-state index in [0.717, 1.165) is 17.9 Å². The molecule has 18 heavy (non-hydrogen) atoms. The average Bonchev–Trinajstić information content (AvgIpc) is 2.93. The van der Waals surface area contributed by atoms with Crippen molar-refractivity contribution in [3.05, 3.63) is 28.2 Å². The fraction of sp³-hybridized carbons (Fsp3) is 0.571. The lowest BCUT2D eigenvalue weighted by Crippen LogP contribution is -2.19. The van der Waals surface area contributed by atoms with Crippen molar-refractivity contribution < 1.29 is 13.5 Å².